The van der Waals surface area contributed by atoms with Crippen molar-refractivity contribution in [2.75, 3.05) is 7.11 Å². The van der Waals surface area contributed by atoms with Crippen LogP contribution in [0.3, 0.4) is 0 Å². The van der Waals surface area contributed by atoms with Crippen molar-refractivity contribution in [1.29, 1.82) is 0 Å². The first-order valence-corrected chi connectivity index (χ1v) is 7.97. The summed E-state index contributed by atoms with van der Waals surface area (Å²) in [7, 11) is 1.34. The summed E-state index contributed by atoms with van der Waals surface area (Å²) in [5.74, 6) is -0.689. The van der Waals surface area contributed by atoms with Crippen LogP contribution in [-0.2, 0) is 9.53 Å². The minimum absolute atomic E-state index is 0.0778. The van der Waals surface area contributed by atoms with E-state index in [9.17, 15) is 9.90 Å². The number of aromatic nitrogens is 2. The summed E-state index contributed by atoms with van der Waals surface area (Å²) in [4.78, 5) is 11.9. The van der Waals surface area contributed by atoms with Gasteiger partial charge in [-0.3, -0.25) is 4.79 Å². The highest BCUT2D eigenvalue weighted by atomic mass is 35.5. The molecule has 1 aromatic heterocycles. The Labute approximate surface area is 141 Å². The Morgan fingerprint density at radius 3 is 2.70 bits per heavy atom. The first kappa shape index (κ1) is 15.7. The largest absolute Gasteiger partial charge is 0.508 e. The summed E-state index contributed by atoms with van der Waals surface area (Å²) in [5, 5.41) is 11.0. The fourth-order valence-electron chi connectivity index (χ4n) is 2.54. The van der Waals surface area contributed by atoms with Crippen LogP contribution < -0.4 is 0 Å². The van der Waals surface area contributed by atoms with Crippen LogP contribution in [0.4, 0.5) is 0 Å². The van der Waals surface area contributed by atoms with Crippen LogP contribution >= 0.6 is 23.3 Å². The van der Waals surface area contributed by atoms with Gasteiger partial charge in [0.25, 0.3) is 0 Å². The number of rotatable bonds is 4. The third kappa shape index (κ3) is 3.13. The molecular formula is C16H13ClN2O3S. The fraction of sp³-hybridized carbons (Fsp3) is 0.188. The molecule has 0 bridgehead atoms. The standard InChI is InChI=1S/C16H13ClN2O3S/c1-22-14(21)8-11(9-2-4-10(17)5-3-9)15-13(20)7-6-12-16(15)19-23-18-12/h2-7,11,20H,8H2,1H3/t11-/m1/s1. The topological polar surface area (TPSA) is 72.3 Å². The minimum Gasteiger partial charge on any atom is -0.508 e. The van der Waals surface area contributed by atoms with Crippen LogP contribution in [0.2, 0.25) is 5.02 Å². The van der Waals surface area contributed by atoms with Crippen LogP contribution in [0, 0.1) is 0 Å². The molecule has 7 heteroatoms. The fourth-order valence-corrected chi connectivity index (χ4v) is 3.21. The number of fused-ring (bicyclic) bond motifs is 1. The lowest BCUT2D eigenvalue weighted by molar-refractivity contribution is -0.140. The van der Waals surface area contributed by atoms with Crippen molar-refractivity contribution in [3.05, 3.63) is 52.5 Å². The zero-order chi connectivity index (χ0) is 16.4. The van der Waals surface area contributed by atoms with Crippen molar-refractivity contribution < 1.29 is 14.6 Å². The van der Waals surface area contributed by atoms with Crippen LogP contribution in [-0.4, -0.2) is 26.9 Å². The first-order chi connectivity index (χ1) is 11.1. The van der Waals surface area contributed by atoms with Gasteiger partial charge in [-0.25, -0.2) is 0 Å². The van der Waals surface area contributed by atoms with E-state index in [2.05, 4.69) is 8.75 Å². The van der Waals surface area contributed by atoms with Crippen molar-refractivity contribution in [3.8, 4) is 5.75 Å². The molecule has 0 unspecified atom stereocenters. The molecular weight excluding hydrogens is 336 g/mol. The maximum Gasteiger partial charge on any atom is 0.306 e. The summed E-state index contributed by atoms with van der Waals surface area (Å²) >= 11 is 7.01. The van der Waals surface area contributed by atoms with Gasteiger partial charge in [-0.15, -0.1) is 0 Å². The lowest BCUT2D eigenvalue weighted by atomic mass is 9.87. The number of ether oxygens (including phenoxy) is 1. The van der Waals surface area contributed by atoms with Crippen LogP contribution in [0.1, 0.15) is 23.5 Å². The second-order valence-electron chi connectivity index (χ2n) is 5.01. The highest BCUT2D eigenvalue weighted by Crippen LogP contribution is 2.38. The van der Waals surface area contributed by atoms with Crippen LogP contribution in [0.15, 0.2) is 36.4 Å². The van der Waals surface area contributed by atoms with Gasteiger partial charge >= 0.3 is 5.97 Å². The summed E-state index contributed by atoms with van der Waals surface area (Å²) < 4.78 is 13.3. The van der Waals surface area contributed by atoms with E-state index in [4.69, 9.17) is 16.3 Å². The van der Waals surface area contributed by atoms with Crippen molar-refractivity contribution in [2.24, 2.45) is 0 Å². The quantitative estimate of drug-likeness (QED) is 0.727. The van der Waals surface area contributed by atoms with E-state index >= 15 is 0 Å². The Morgan fingerprint density at radius 2 is 2.00 bits per heavy atom. The minimum atomic E-state index is -0.396. The molecule has 0 aliphatic heterocycles. The summed E-state index contributed by atoms with van der Waals surface area (Å²) in [5.41, 5.74) is 2.70. The lowest BCUT2D eigenvalue weighted by Crippen LogP contribution is -2.11. The summed E-state index contributed by atoms with van der Waals surface area (Å²) in [6.07, 6.45) is 0.0856. The summed E-state index contributed by atoms with van der Waals surface area (Å²) in [6, 6.07) is 10.4. The van der Waals surface area contributed by atoms with Gasteiger partial charge < -0.3 is 9.84 Å². The Bertz CT molecular complexity index is 848. The molecule has 0 radical (unpaired) electrons. The molecule has 1 heterocycles. The second kappa shape index (κ2) is 6.52. The van der Waals surface area contributed by atoms with E-state index in [1.54, 1.807) is 24.3 Å². The Balaban J connectivity index is 2.17. The maximum atomic E-state index is 11.9. The number of esters is 1. The second-order valence-corrected chi connectivity index (χ2v) is 5.98. The molecule has 0 amide bonds. The van der Waals surface area contributed by atoms with Gasteiger partial charge in [-0.1, -0.05) is 23.7 Å². The summed E-state index contributed by atoms with van der Waals surface area (Å²) in [6.45, 7) is 0. The number of hydrogen-bond donors (Lipinski definition) is 1. The third-order valence-electron chi connectivity index (χ3n) is 3.66. The maximum absolute atomic E-state index is 11.9. The molecule has 118 valence electrons. The Hall–Kier alpha value is -2.18. The number of phenolic OH excluding ortho intramolecular Hbond substituents is 1. The van der Waals surface area contributed by atoms with E-state index in [-0.39, 0.29) is 18.1 Å². The van der Waals surface area contributed by atoms with Gasteiger partial charge in [0.2, 0.25) is 0 Å². The SMILES string of the molecule is COC(=O)C[C@H](c1ccc(Cl)cc1)c1c(O)ccc2nsnc12. The number of methoxy groups -OCH3 is 1. The lowest BCUT2D eigenvalue weighted by Gasteiger charge is -2.18. The third-order valence-corrected chi connectivity index (χ3v) is 4.46. The average molecular weight is 349 g/mol. The smallest absolute Gasteiger partial charge is 0.306 e. The molecule has 3 aromatic rings. The highest BCUT2D eigenvalue weighted by Gasteiger charge is 2.25. The van der Waals surface area contributed by atoms with E-state index in [0.29, 0.717) is 21.6 Å². The molecule has 0 aliphatic carbocycles. The van der Waals surface area contributed by atoms with E-state index < -0.39 is 5.92 Å². The van der Waals surface area contributed by atoms with Crippen molar-refractivity contribution in [2.45, 2.75) is 12.3 Å². The molecule has 3 rings (SSSR count). The highest BCUT2D eigenvalue weighted by molar-refractivity contribution is 7.00. The zero-order valence-corrected chi connectivity index (χ0v) is 13.8. The van der Waals surface area contributed by atoms with E-state index in [0.717, 1.165) is 17.3 Å². The van der Waals surface area contributed by atoms with Crippen molar-refractivity contribution in [1.82, 2.24) is 8.75 Å². The average Bonchev–Trinajstić information content (AvgIpc) is 3.02. The number of carbonyl (C=O) groups is 1. The van der Waals surface area contributed by atoms with Gasteiger partial charge in [-0.05, 0) is 29.8 Å². The molecule has 2 aromatic carbocycles. The van der Waals surface area contributed by atoms with Crippen molar-refractivity contribution in [3.63, 3.8) is 0 Å². The van der Waals surface area contributed by atoms with Crippen molar-refractivity contribution >= 4 is 40.3 Å². The Morgan fingerprint density at radius 1 is 1.26 bits per heavy atom. The number of aromatic hydroxyl groups is 1. The molecule has 23 heavy (non-hydrogen) atoms. The Kier molecular flexibility index (Phi) is 4.45. The molecule has 0 fully saturated rings. The normalized spacial score (nSPS) is 12.3. The number of hydrogen-bond acceptors (Lipinski definition) is 6. The zero-order valence-electron chi connectivity index (χ0n) is 12.2. The van der Waals surface area contributed by atoms with Gasteiger partial charge in [0.05, 0.1) is 25.3 Å². The first-order valence-electron chi connectivity index (χ1n) is 6.86. The van der Waals surface area contributed by atoms with Gasteiger partial charge in [-0.2, -0.15) is 8.75 Å². The molecule has 5 nitrogen and oxygen atoms in total. The molecule has 1 atom stereocenters. The number of nitrogens with zero attached hydrogens (tertiary/aromatic N) is 2. The molecule has 0 spiro atoms. The van der Waals surface area contributed by atoms with E-state index in [1.165, 1.54) is 7.11 Å². The predicted molar refractivity (Wildman–Crippen MR) is 89.0 cm³/mol. The molecule has 0 saturated heterocycles. The number of carbonyl (C=O) groups excluding carboxylic acids is 1. The van der Waals surface area contributed by atoms with E-state index in [1.807, 2.05) is 12.1 Å². The molecule has 1 N–H and O–H groups in total. The molecule has 0 saturated carbocycles. The number of halogens is 1. The number of benzene rings is 2. The van der Waals surface area contributed by atoms with Gasteiger partial charge in [0.1, 0.15) is 16.8 Å². The predicted octanol–water partition coefficient (Wildman–Crippen LogP) is 3.75. The molecule has 0 aliphatic rings. The number of phenols is 1. The van der Waals surface area contributed by atoms with Crippen LogP contribution in [0.25, 0.3) is 11.0 Å². The van der Waals surface area contributed by atoms with Gasteiger partial charge in [0.15, 0.2) is 0 Å². The van der Waals surface area contributed by atoms with Crippen LogP contribution in [0.5, 0.6) is 5.75 Å². The van der Waals surface area contributed by atoms with Gasteiger partial charge in [0, 0.05) is 16.5 Å². The monoisotopic (exact) mass is 348 g/mol.